The topological polar surface area (TPSA) is 52.3 Å². The third-order valence-electron chi connectivity index (χ3n) is 2.91. The molecule has 2 rings (SSSR count). The van der Waals surface area contributed by atoms with E-state index in [1.165, 1.54) is 0 Å². The number of carbonyl (C=O) groups is 1. The molecule has 20 heavy (non-hydrogen) atoms. The number of hydrogen-bond donors (Lipinski definition) is 1. The Morgan fingerprint density at radius 1 is 1.00 bits per heavy atom. The zero-order chi connectivity index (χ0) is 14.4. The van der Waals surface area contributed by atoms with Gasteiger partial charge in [-0.2, -0.15) is 0 Å². The fourth-order valence-electron chi connectivity index (χ4n) is 1.75. The van der Waals surface area contributed by atoms with Crippen LogP contribution >= 0.6 is 15.9 Å². The first-order valence-corrected chi connectivity index (χ1v) is 7.17. The van der Waals surface area contributed by atoms with E-state index in [-0.39, 0.29) is 5.97 Å². The highest BCUT2D eigenvalue weighted by molar-refractivity contribution is 9.10. The van der Waals surface area contributed by atoms with Crippen molar-refractivity contribution in [3.8, 4) is 0 Å². The maximum Gasteiger partial charge on any atom is 0.306 e. The predicted octanol–water partition coefficient (Wildman–Crippen LogP) is 3.71. The van der Waals surface area contributed by atoms with Crippen LogP contribution in [0.5, 0.6) is 0 Å². The minimum atomic E-state index is -0.190. The van der Waals surface area contributed by atoms with E-state index < -0.39 is 0 Å². The van der Waals surface area contributed by atoms with E-state index in [9.17, 15) is 4.79 Å². The average molecular weight is 334 g/mol. The van der Waals surface area contributed by atoms with Crippen molar-refractivity contribution >= 4 is 27.6 Å². The van der Waals surface area contributed by atoms with Crippen molar-refractivity contribution in [1.82, 2.24) is 0 Å². The fraction of sp³-hybridized carbons (Fsp3) is 0.188. The molecule has 0 fully saturated rings. The lowest BCUT2D eigenvalue weighted by atomic mass is 10.1. The van der Waals surface area contributed by atoms with Gasteiger partial charge in [0.25, 0.3) is 0 Å². The number of benzene rings is 2. The van der Waals surface area contributed by atoms with Gasteiger partial charge >= 0.3 is 5.97 Å². The Kier molecular flexibility index (Phi) is 5.18. The molecule has 0 amide bonds. The largest absolute Gasteiger partial charge is 0.461 e. The van der Waals surface area contributed by atoms with Crippen LogP contribution in [-0.2, 0) is 22.6 Å². The summed E-state index contributed by atoms with van der Waals surface area (Å²) in [5.41, 5.74) is 8.40. The average Bonchev–Trinajstić information content (AvgIpc) is 2.46. The highest BCUT2D eigenvalue weighted by atomic mass is 79.9. The third kappa shape index (κ3) is 4.70. The van der Waals surface area contributed by atoms with Gasteiger partial charge in [0.1, 0.15) is 6.61 Å². The van der Waals surface area contributed by atoms with Gasteiger partial charge in [-0.25, -0.2) is 0 Å². The van der Waals surface area contributed by atoms with Gasteiger partial charge < -0.3 is 10.5 Å². The number of esters is 1. The molecule has 0 bridgehead atoms. The lowest BCUT2D eigenvalue weighted by molar-refractivity contribution is -0.144. The first-order valence-electron chi connectivity index (χ1n) is 6.38. The second kappa shape index (κ2) is 7.10. The molecule has 3 nitrogen and oxygen atoms in total. The standard InChI is InChI=1S/C16H16BrNO2/c17-14-6-1-13(2-7-14)11-20-16(19)10-5-12-3-8-15(18)9-4-12/h1-4,6-9H,5,10-11,18H2. The van der Waals surface area contributed by atoms with Gasteiger partial charge in [-0.3, -0.25) is 4.79 Å². The molecular weight excluding hydrogens is 318 g/mol. The van der Waals surface area contributed by atoms with E-state index in [1.807, 2.05) is 48.5 Å². The molecule has 0 spiro atoms. The number of ether oxygens (including phenoxy) is 1. The summed E-state index contributed by atoms with van der Waals surface area (Å²) in [6, 6.07) is 15.2. The molecule has 4 heteroatoms. The zero-order valence-electron chi connectivity index (χ0n) is 11.0. The number of hydrogen-bond acceptors (Lipinski definition) is 3. The molecule has 0 aliphatic carbocycles. The van der Waals surface area contributed by atoms with Gasteiger partial charge in [-0.05, 0) is 41.8 Å². The van der Waals surface area contributed by atoms with Gasteiger partial charge in [0.05, 0.1) is 0 Å². The van der Waals surface area contributed by atoms with Crippen LogP contribution in [0, 0.1) is 0 Å². The van der Waals surface area contributed by atoms with E-state index in [0.717, 1.165) is 21.3 Å². The molecule has 0 unspecified atom stereocenters. The van der Waals surface area contributed by atoms with E-state index in [4.69, 9.17) is 10.5 Å². The summed E-state index contributed by atoms with van der Waals surface area (Å²) in [5.74, 6) is -0.190. The van der Waals surface area contributed by atoms with Crippen LogP contribution in [0.3, 0.4) is 0 Å². The quantitative estimate of drug-likeness (QED) is 0.670. The Hall–Kier alpha value is -1.81. The lowest BCUT2D eigenvalue weighted by Gasteiger charge is -2.05. The van der Waals surface area contributed by atoms with Crippen LogP contribution in [0.4, 0.5) is 5.69 Å². The van der Waals surface area contributed by atoms with Gasteiger partial charge in [0, 0.05) is 16.6 Å². The first-order chi connectivity index (χ1) is 9.63. The zero-order valence-corrected chi connectivity index (χ0v) is 12.6. The number of aryl methyl sites for hydroxylation is 1. The lowest BCUT2D eigenvalue weighted by Crippen LogP contribution is -2.06. The smallest absolute Gasteiger partial charge is 0.306 e. The Morgan fingerprint density at radius 3 is 2.25 bits per heavy atom. The number of nitrogen functional groups attached to an aromatic ring is 1. The molecule has 0 heterocycles. The number of nitrogens with two attached hydrogens (primary N) is 1. The minimum absolute atomic E-state index is 0.190. The highest BCUT2D eigenvalue weighted by Crippen LogP contribution is 2.12. The van der Waals surface area contributed by atoms with Crippen LogP contribution in [-0.4, -0.2) is 5.97 Å². The molecule has 0 radical (unpaired) electrons. The number of halogens is 1. The van der Waals surface area contributed by atoms with Crippen molar-refractivity contribution in [2.24, 2.45) is 0 Å². The van der Waals surface area contributed by atoms with E-state index >= 15 is 0 Å². The van der Waals surface area contributed by atoms with E-state index in [0.29, 0.717) is 19.4 Å². The summed E-state index contributed by atoms with van der Waals surface area (Å²) < 4.78 is 6.24. The maximum atomic E-state index is 11.7. The van der Waals surface area contributed by atoms with Crippen LogP contribution in [0.15, 0.2) is 53.0 Å². The second-order valence-electron chi connectivity index (χ2n) is 4.53. The molecule has 2 N–H and O–H groups in total. The molecular formula is C16H16BrNO2. The molecule has 0 saturated carbocycles. The van der Waals surface area contributed by atoms with Gasteiger partial charge in [0.2, 0.25) is 0 Å². The van der Waals surface area contributed by atoms with E-state index in [2.05, 4.69) is 15.9 Å². The Labute approximate surface area is 126 Å². The molecule has 0 aliphatic rings. The SMILES string of the molecule is Nc1ccc(CCC(=O)OCc2ccc(Br)cc2)cc1. The second-order valence-corrected chi connectivity index (χ2v) is 5.44. The van der Waals surface area contributed by atoms with Crippen LogP contribution < -0.4 is 5.73 Å². The number of rotatable bonds is 5. The molecule has 0 aromatic heterocycles. The van der Waals surface area contributed by atoms with Gasteiger partial charge in [0.15, 0.2) is 0 Å². The predicted molar refractivity (Wildman–Crippen MR) is 83.1 cm³/mol. The summed E-state index contributed by atoms with van der Waals surface area (Å²) in [6.45, 7) is 0.313. The first kappa shape index (κ1) is 14.6. The van der Waals surface area contributed by atoms with Crippen LogP contribution in [0.1, 0.15) is 17.5 Å². The monoisotopic (exact) mass is 333 g/mol. The Balaban J connectivity index is 1.75. The molecule has 0 saturated heterocycles. The van der Waals surface area contributed by atoms with Crippen LogP contribution in [0.25, 0.3) is 0 Å². The molecule has 0 atom stereocenters. The van der Waals surface area contributed by atoms with Crippen molar-refractivity contribution in [2.45, 2.75) is 19.4 Å². The van der Waals surface area contributed by atoms with Crippen molar-refractivity contribution in [3.05, 3.63) is 64.1 Å². The third-order valence-corrected chi connectivity index (χ3v) is 3.44. The van der Waals surface area contributed by atoms with Gasteiger partial charge in [-0.15, -0.1) is 0 Å². The maximum absolute atomic E-state index is 11.7. The Bertz CT molecular complexity index is 513. The van der Waals surface area contributed by atoms with Gasteiger partial charge in [-0.1, -0.05) is 40.2 Å². The van der Waals surface area contributed by atoms with Crippen molar-refractivity contribution < 1.29 is 9.53 Å². The van der Waals surface area contributed by atoms with Crippen molar-refractivity contribution in [3.63, 3.8) is 0 Å². The summed E-state index contributed by atoms with van der Waals surface area (Å²) in [7, 11) is 0. The molecule has 104 valence electrons. The highest BCUT2D eigenvalue weighted by Gasteiger charge is 2.04. The summed E-state index contributed by atoms with van der Waals surface area (Å²) >= 11 is 3.36. The number of anilines is 1. The van der Waals surface area contributed by atoms with Crippen molar-refractivity contribution in [1.29, 1.82) is 0 Å². The fourth-order valence-corrected chi connectivity index (χ4v) is 2.01. The summed E-state index contributed by atoms with van der Waals surface area (Å²) in [4.78, 5) is 11.7. The normalized spacial score (nSPS) is 10.2. The van der Waals surface area contributed by atoms with E-state index in [1.54, 1.807) is 0 Å². The van der Waals surface area contributed by atoms with Crippen LogP contribution in [0.2, 0.25) is 0 Å². The summed E-state index contributed by atoms with van der Waals surface area (Å²) in [5, 5.41) is 0. The summed E-state index contributed by atoms with van der Waals surface area (Å²) in [6.07, 6.45) is 1.04. The molecule has 2 aromatic carbocycles. The Morgan fingerprint density at radius 2 is 1.60 bits per heavy atom. The molecule has 0 aliphatic heterocycles. The number of carbonyl (C=O) groups excluding carboxylic acids is 1. The molecule has 2 aromatic rings. The van der Waals surface area contributed by atoms with Crippen molar-refractivity contribution in [2.75, 3.05) is 5.73 Å². The minimum Gasteiger partial charge on any atom is -0.461 e.